The fourth-order valence-corrected chi connectivity index (χ4v) is 4.58. The van der Waals surface area contributed by atoms with Crippen molar-refractivity contribution in [2.45, 2.75) is 38.7 Å². The molecule has 2 aromatic carbocycles. The zero-order valence-corrected chi connectivity index (χ0v) is 20.8. The number of aliphatic carboxylic acids is 1. The van der Waals surface area contributed by atoms with Gasteiger partial charge in [0.2, 0.25) is 0 Å². The molecule has 0 saturated heterocycles. The summed E-state index contributed by atoms with van der Waals surface area (Å²) in [5, 5.41) is 21.3. The molecule has 34 heavy (non-hydrogen) atoms. The van der Waals surface area contributed by atoms with Crippen LogP contribution in [0.2, 0.25) is 10.0 Å². The van der Waals surface area contributed by atoms with Crippen LogP contribution >= 0.6 is 23.2 Å². The van der Waals surface area contributed by atoms with E-state index in [1.54, 1.807) is 37.3 Å². The molecule has 0 radical (unpaired) electrons. The molecule has 3 rings (SSSR count). The molecule has 6 nitrogen and oxygen atoms in total. The summed E-state index contributed by atoms with van der Waals surface area (Å²) < 4.78 is 7.74. The monoisotopic (exact) mass is 505 g/mol. The second-order valence-corrected chi connectivity index (χ2v) is 9.47. The molecule has 0 aliphatic rings. The largest absolute Gasteiger partial charge is 0.481 e. The lowest BCUT2D eigenvalue weighted by molar-refractivity contribution is -0.137. The van der Waals surface area contributed by atoms with Gasteiger partial charge in [-0.05, 0) is 41.8 Å². The van der Waals surface area contributed by atoms with Crippen LogP contribution in [-0.2, 0) is 23.0 Å². The van der Waals surface area contributed by atoms with Crippen LogP contribution in [0.5, 0.6) is 0 Å². The molecular formula is C26H29Cl2NO5. The number of carbonyl (C=O) groups excluding carboxylic acids is 1. The van der Waals surface area contributed by atoms with Crippen LogP contribution < -0.4 is 0 Å². The smallest absolute Gasteiger partial charge is 0.303 e. The highest BCUT2D eigenvalue weighted by molar-refractivity contribution is 6.31. The lowest BCUT2D eigenvalue weighted by Crippen LogP contribution is -2.14. The summed E-state index contributed by atoms with van der Waals surface area (Å²) >= 11 is 12.2. The van der Waals surface area contributed by atoms with E-state index in [0.717, 1.165) is 22.2 Å². The molecular weight excluding hydrogens is 477 g/mol. The first kappa shape index (κ1) is 26.2. The van der Waals surface area contributed by atoms with Crippen LogP contribution in [0.1, 0.15) is 53.9 Å². The van der Waals surface area contributed by atoms with Gasteiger partial charge in [-0.1, -0.05) is 42.3 Å². The number of halogens is 2. The number of aryl methyl sites for hydroxylation is 1. The summed E-state index contributed by atoms with van der Waals surface area (Å²) in [5.41, 5.74) is 3.01. The van der Waals surface area contributed by atoms with Gasteiger partial charge in [0, 0.05) is 71.5 Å². The third kappa shape index (κ3) is 6.60. The van der Waals surface area contributed by atoms with Crippen molar-refractivity contribution in [3.05, 3.63) is 69.3 Å². The number of carboxylic acid groups (broad SMARTS) is 1. The zero-order valence-electron chi connectivity index (χ0n) is 19.3. The van der Waals surface area contributed by atoms with E-state index in [-0.39, 0.29) is 24.5 Å². The molecule has 0 saturated carbocycles. The number of benzene rings is 2. The van der Waals surface area contributed by atoms with E-state index in [4.69, 9.17) is 33.0 Å². The summed E-state index contributed by atoms with van der Waals surface area (Å²) in [6.07, 6.45) is 0.308. The quantitative estimate of drug-likeness (QED) is 0.238. The number of Topliss-reactive ketones (excluding diaryl/α,β-unsaturated/α-hetero) is 1. The molecule has 1 unspecified atom stereocenters. The molecule has 0 bridgehead atoms. The lowest BCUT2D eigenvalue weighted by atomic mass is 9.95. The van der Waals surface area contributed by atoms with E-state index in [0.29, 0.717) is 41.7 Å². The Labute approximate surface area is 209 Å². The maximum atomic E-state index is 13.2. The van der Waals surface area contributed by atoms with Gasteiger partial charge in [0.05, 0.1) is 12.7 Å². The number of carbonyl (C=O) groups is 2. The molecule has 0 spiro atoms. The molecule has 0 fully saturated rings. The second kappa shape index (κ2) is 11.8. The number of ketones is 1. The van der Waals surface area contributed by atoms with Gasteiger partial charge in [-0.15, -0.1) is 0 Å². The van der Waals surface area contributed by atoms with Crippen molar-refractivity contribution in [1.82, 2.24) is 4.57 Å². The van der Waals surface area contributed by atoms with Crippen LogP contribution in [0, 0.1) is 5.92 Å². The van der Waals surface area contributed by atoms with Crippen molar-refractivity contribution in [2.75, 3.05) is 13.2 Å². The molecule has 8 heteroatoms. The molecule has 1 heterocycles. The normalized spacial score (nSPS) is 13.2. The summed E-state index contributed by atoms with van der Waals surface area (Å²) in [5.74, 6) is -1.31. The van der Waals surface area contributed by atoms with Gasteiger partial charge in [0.15, 0.2) is 5.78 Å². The Hall–Kier alpha value is -2.38. The molecule has 182 valence electrons. The Bertz CT molecular complexity index is 1170. The lowest BCUT2D eigenvalue weighted by Gasteiger charge is -2.13. The van der Waals surface area contributed by atoms with Crippen molar-refractivity contribution < 1.29 is 24.5 Å². The topological polar surface area (TPSA) is 88.8 Å². The number of hydrogen-bond acceptors (Lipinski definition) is 4. The van der Waals surface area contributed by atoms with E-state index < -0.39 is 12.1 Å². The fourth-order valence-electron chi connectivity index (χ4n) is 4.21. The van der Waals surface area contributed by atoms with E-state index >= 15 is 0 Å². The maximum absolute atomic E-state index is 13.2. The Kier molecular flexibility index (Phi) is 9.14. The Balaban J connectivity index is 1.70. The van der Waals surface area contributed by atoms with E-state index in [9.17, 15) is 14.7 Å². The number of rotatable bonds is 12. The van der Waals surface area contributed by atoms with Crippen molar-refractivity contribution >= 4 is 45.9 Å². The minimum atomic E-state index is -0.921. The van der Waals surface area contributed by atoms with E-state index in [1.807, 2.05) is 23.7 Å². The minimum absolute atomic E-state index is 0.0648. The summed E-state index contributed by atoms with van der Waals surface area (Å²) in [6, 6.07) is 12.5. The van der Waals surface area contributed by atoms with Gasteiger partial charge in [-0.25, -0.2) is 0 Å². The Morgan fingerprint density at radius 1 is 1.06 bits per heavy atom. The van der Waals surface area contributed by atoms with E-state index in [1.165, 1.54) is 0 Å². The highest BCUT2D eigenvalue weighted by atomic mass is 35.5. The number of carboxylic acids is 1. The van der Waals surface area contributed by atoms with Gasteiger partial charge in [-0.2, -0.15) is 0 Å². The van der Waals surface area contributed by atoms with Gasteiger partial charge in [0.25, 0.3) is 0 Å². The van der Waals surface area contributed by atoms with Crippen LogP contribution in [0.15, 0.2) is 42.5 Å². The average molecular weight is 506 g/mol. The fraction of sp³-hybridized carbons (Fsp3) is 0.385. The molecule has 3 aromatic rings. The first-order valence-corrected chi connectivity index (χ1v) is 12.0. The summed E-state index contributed by atoms with van der Waals surface area (Å²) in [4.78, 5) is 24.3. The number of nitrogens with zero attached hydrogens (tertiary/aromatic N) is 1. The number of aliphatic hydroxyl groups is 1. The Morgan fingerprint density at radius 3 is 2.50 bits per heavy atom. The standard InChI is InChI=1S/C26H29Cl2NO5/c1-16(13-25(32)33)12-24(31)26-20-15-19(28)6-7-21(20)29(2)22(26)8-10-34-11-9-23(30)17-4-3-5-18(27)14-17/h3-7,14-16,23,30H,8-13H2,1-2H3,(H,32,33)/t16-,23?/m0/s1. The first-order valence-electron chi connectivity index (χ1n) is 11.2. The Morgan fingerprint density at radius 2 is 1.79 bits per heavy atom. The molecule has 0 aliphatic carbocycles. The van der Waals surface area contributed by atoms with Crippen molar-refractivity contribution in [3.63, 3.8) is 0 Å². The molecule has 1 aromatic heterocycles. The first-order chi connectivity index (χ1) is 16.2. The number of fused-ring (bicyclic) bond motifs is 1. The molecule has 2 atom stereocenters. The predicted octanol–water partition coefficient (Wildman–Crippen LogP) is 5.85. The van der Waals surface area contributed by atoms with Gasteiger partial charge < -0.3 is 19.5 Å². The highest BCUT2D eigenvalue weighted by Crippen LogP contribution is 2.31. The average Bonchev–Trinajstić information content (AvgIpc) is 3.03. The van der Waals surface area contributed by atoms with Crippen LogP contribution in [0.3, 0.4) is 0 Å². The minimum Gasteiger partial charge on any atom is -0.481 e. The predicted molar refractivity (Wildman–Crippen MR) is 134 cm³/mol. The SMILES string of the molecule is C[C@H](CC(=O)O)CC(=O)c1c(CCOCCC(O)c2cccc(Cl)c2)n(C)c2ccc(Cl)cc12. The molecule has 2 N–H and O–H groups in total. The van der Waals surface area contributed by atoms with Crippen molar-refractivity contribution in [1.29, 1.82) is 0 Å². The van der Waals surface area contributed by atoms with Crippen molar-refractivity contribution in [2.24, 2.45) is 13.0 Å². The molecule has 0 aliphatic heterocycles. The third-order valence-electron chi connectivity index (χ3n) is 5.87. The van der Waals surface area contributed by atoms with Crippen LogP contribution in [0.25, 0.3) is 10.9 Å². The zero-order chi connectivity index (χ0) is 24.8. The number of aliphatic hydroxyl groups excluding tert-OH is 1. The van der Waals surface area contributed by atoms with Gasteiger partial charge >= 0.3 is 5.97 Å². The second-order valence-electron chi connectivity index (χ2n) is 8.59. The third-order valence-corrected chi connectivity index (χ3v) is 6.34. The van der Waals surface area contributed by atoms with Crippen LogP contribution in [-0.4, -0.2) is 39.7 Å². The van der Waals surface area contributed by atoms with Crippen molar-refractivity contribution in [3.8, 4) is 0 Å². The maximum Gasteiger partial charge on any atom is 0.303 e. The van der Waals surface area contributed by atoms with E-state index in [2.05, 4.69) is 0 Å². The summed E-state index contributed by atoms with van der Waals surface area (Å²) in [6.45, 7) is 2.48. The summed E-state index contributed by atoms with van der Waals surface area (Å²) in [7, 11) is 1.89. The number of aromatic nitrogens is 1. The number of ether oxygens (including phenoxy) is 1. The van der Waals surface area contributed by atoms with Gasteiger partial charge in [0.1, 0.15) is 0 Å². The molecule has 0 amide bonds. The number of hydrogen-bond donors (Lipinski definition) is 2. The van der Waals surface area contributed by atoms with Crippen LogP contribution in [0.4, 0.5) is 0 Å². The van der Waals surface area contributed by atoms with Gasteiger partial charge in [-0.3, -0.25) is 9.59 Å². The highest BCUT2D eigenvalue weighted by Gasteiger charge is 2.23.